The monoisotopic (exact) mass is 367 g/mol. The van der Waals surface area contributed by atoms with E-state index in [1.807, 2.05) is 6.92 Å². The number of carbonyl (C=O) groups is 1. The Kier molecular flexibility index (Phi) is 5.76. The average Bonchev–Trinajstić information content (AvgIpc) is 2.69. The summed E-state index contributed by atoms with van der Waals surface area (Å²) in [6.07, 6.45) is 3.21. The maximum atomic E-state index is 12.1. The van der Waals surface area contributed by atoms with E-state index in [4.69, 9.17) is 14.2 Å². The average molecular weight is 367 g/mol. The summed E-state index contributed by atoms with van der Waals surface area (Å²) in [5.41, 5.74) is -0.0970. The van der Waals surface area contributed by atoms with Crippen LogP contribution in [-0.4, -0.2) is 29.8 Å². The molecule has 1 N–H and O–H groups in total. The number of hydrogen-bond donors (Lipinski definition) is 1. The number of rotatable bonds is 7. The van der Waals surface area contributed by atoms with Gasteiger partial charge in [0.1, 0.15) is 17.2 Å². The summed E-state index contributed by atoms with van der Waals surface area (Å²) in [5.74, 6) is 1.04. The van der Waals surface area contributed by atoms with E-state index in [9.17, 15) is 9.90 Å². The summed E-state index contributed by atoms with van der Waals surface area (Å²) >= 11 is 0. The van der Waals surface area contributed by atoms with Crippen LogP contribution < -0.4 is 9.47 Å². The van der Waals surface area contributed by atoms with E-state index in [0.29, 0.717) is 28.9 Å². The molecular formula is C21H21NO5. The Hall–Kier alpha value is -3.28. The normalized spacial score (nSPS) is 10.6. The van der Waals surface area contributed by atoms with Crippen molar-refractivity contribution in [1.82, 2.24) is 4.98 Å². The lowest BCUT2D eigenvalue weighted by Crippen LogP contribution is -2.08. The standard InChI is InChI=1S/C21H21NO5/c1-3-4-11-26-21(24)19-20(23)18-12-17(6-5-14(18)13-22-19)27-16-9-7-15(25-2)8-10-16/h5-10,12-13,23H,3-4,11H2,1-2H3. The zero-order valence-corrected chi connectivity index (χ0v) is 15.3. The zero-order chi connectivity index (χ0) is 19.2. The second-order valence-corrected chi connectivity index (χ2v) is 5.97. The minimum atomic E-state index is -0.635. The number of ether oxygens (including phenoxy) is 3. The smallest absolute Gasteiger partial charge is 0.360 e. The van der Waals surface area contributed by atoms with Crippen molar-refractivity contribution in [3.05, 3.63) is 54.4 Å². The molecule has 0 aliphatic rings. The van der Waals surface area contributed by atoms with Crippen molar-refractivity contribution in [2.75, 3.05) is 13.7 Å². The van der Waals surface area contributed by atoms with Gasteiger partial charge in [-0.1, -0.05) is 13.3 Å². The molecule has 2 aromatic carbocycles. The number of benzene rings is 2. The van der Waals surface area contributed by atoms with Gasteiger partial charge in [-0.25, -0.2) is 9.78 Å². The fourth-order valence-electron chi connectivity index (χ4n) is 2.55. The predicted molar refractivity (Wildman–Crippen MR) is 102 cm³/mol. The fraction of sp³-hybridized carbons (Fsp3) is 0.238. The first kappa shape index (κ1) is 18.5. The first-order valence-electron chi connectivity index (χ1n) is 8.73. The van der Waals surface area contributed by atoms with E-state index in [0.717, 1.165) is 18.6 Å². The van der Waals surface area contributed by atoms with E-state index in [-0.39, 0.29) is 11.4 Å². The molecule has 27 heavy (non-hydrogen) atoms. The van der Waals surface area contributed by atoms with E-state index in [2.05, 4.69) is 4.98 Å². The van der Waals surface area contributed by atoms with Crippen molar-refractivity contribution < 1.29 is 24.1 Å². The first-order chi connectivity index (χ1) is 13.1. The lowest BCUT2D eigenvalue weighted by atomic mass is 10.1. The molecule has 0 saturated heterocycles. The molecule has 0 aliphatic carbocycles. The lowest BCUT2D eigenvalue weighted by Gasteiger charge is -2.10. The van der Waals surface area contributed by atoms with Crippen LogP contribution in [0.15, 0.2) is 48.7 Å². The van der Waals surface area contributed by atoms with E-state index >= 15 is 0 Å². The van der Waals surface area contributed by atoms with Gasteiger partial charge in [-0.3, -0.25) is 0 Å². The predicted octanol–water partition coefficient (Wildman–Crippen LogP) is 4.70. The quantitative estimate of drug-likeness (QED) is 0.482. The largest absolute Gasteiger partial charge is 0.505 e. The van der Waals surface area contributed by atoms with Crippen LogP contribution in [0.2, 0.25) is 0 Å². The van der Waals surface area contributed by atoms with Crippen molar-refractivity contribution in [3.8, 4) is 23.0 Å². The van der Waals surface area contributed by atoms with Gasteiger partial charge in [0.25, 0.3) is 0 Å². The fourth-order valence-corrected chi connectivity index (χ4v) is 2.55. The Morgan fingerprint density at radius 1 is 1.07 bits per heavy atom. The Morgan fingerprint density at radius 3 is 2.48 bits per heavy atom. The third-order valence-electron chi connectivity index (χ3n) is 4.06. The van der Waals surface area contributed by atoms with Crippen molar-refractivity contribution in [1.29, 1.82) is 0 Å². The summed E-state index contributed by atoms with van der Waals surface area (Å²) < 4.78 is 16.1. The molecule has 6 heteroatoms. The number of fused-ring (bicyclic) bond motifs is 1. The Balaban J connectivity index is 1.86. The highest BCUT2D eigenvalue weighted by Crippen LogP contribution is 2.32. The molecule has 3 aromatic rings. The molecule has 1 aromatic heterocycles. The lowest BCUT2D eigenvalue weighted by molar-refractivity contribution is 0.0489. The van der Waals surface area contributed by atoms with Crippen LogP contribution >= 0.6 is 0 Å². The minimum Gasteiger partial charge on any atom is -0.505 e. The highest BCUT2D eigenvalue weighted by atomic mass is 16.5. The molecule has 0 unspecified atom stereocenters. The molecule has 0 bridgehead atoms. The van der Waals surface area contributed by atoms with Crippen LogP contribution in [0, 0.1) is 0 Å². The van der Waals surface area contributed by atoms with Crippen LogP contribution in [0.5, 0.6) is 23.0 Å². The molecule has 0 amide bonds. The van der Waals surface area contributed by atoms with E-state index < -0.39 is 5.97 Å². The molecule has 0 atom stereocenters. The van der Waals surface area contributed by atoms with Crippen LogP contribution in [0.25, 0.3) is 10.8 Å². The first-order valence-corrected chi connectivity index (χ1v) is 8.73. The molecule has 6 nitrogen and oxygen atoms in total. The number of nitrogens with zero attached hydrogens (tertiary/aromatic N) is 1. The molecule has 0 saturated carbocycles. The highest BCUT2D eigenvalue weighted by Gasteiger charge is 2.17. The molecule has 0 spiro atoms. The topological polar surface area (TPSA) is 77.9 Å². The van der Waals surface area contributed by atoms with Gasteiger partial charge in [0.2, 0.25) is 0 Å². The summed E-state index contributed by atoms with van der Waals surface area (Å²) in [6, 6.07) is 12.4. The second-order valence-electron chi connectivity index (χ2n) is 5.97. The number of aromatic nitrogens is 1. The van der Waals surface area contributed by atoms with Gasteiger partial charge in [0.05, 0.1) is 13.7 Å². The van der Waals surface area contributed by atoms with Gasteiger partial charge in [-0.05, 0) is 48.9 Å². The highest BCUT2D eigenvalue weighted by molar-refractivity contribution is 5.99. The third kappa shape index (κ3) is 4.28. The Bertz CT molecular complexity index is 937. The van der Waals surface area contributed by atoms with E-state index in [1.165, 1.54) is 6.20 Å². The molecular weight excluding hydrogens is 346 g/mol. The summed E-state index contributed by atoms with van der Waals surface area (Å²) in [4.78, 5) is 16.2. The van der Waals surface area contributed by atoms with Gasteiger partial charge in [-0.15, -0.1) is 0 Å². The van der Waals surface area contributed by atoms with Crippen molar-refractivity contribution in [3.63, 3.8) is 0 Å². The summed E-state index contributed by atoms with van der Waals surface area (Å²) in [7, 11) is 1.60. The minimum absolute atomic E-state index is 0.0970. The number of unbranched alkanes of at least 4 members (excludes halogenated alkanes) is 1. The third-order valence-corrected chi connectivity index (χ3v) is 4.06. The van der Waals surface area contributed by atoms with Crippen molar-refractivity contribution in [2.45, 2.75) is 19.8 Å². The van der Waals surface area contributed by atoms with Crippen LogP contribution in [0.3, 0.4) is 0 Å². The number of pyridine rings is 1. The van der Waals surface area contributed by atoms with Gasteiger partial charge in [0, 0.05) is 17.0 Å². The molecule has 1 heterocycles. The van der Waals surface area contributed by atoms with Crippen LogP contribution in [0.4, 0.5) is 0 Å². The summed E-state index contributed by atoms with van der Waals surface area (Å²) in [5, 5.41) is 11.7. The maximum absolute atomic E-state index is 12.1. The Morgan fingerprint density at radius 2 is 1.78 bits per heavy atom. The van der Waals surface area contributed by atoms with Gasteiger partial charge in [0.15, 0.2) is 11.4 Å². The molecule has 0 aliphatic heterocycles. The molecule has 140 valence electrons. The van der Waals surface area contributed by atoms with Crippen LogP contribution in [-0.2, 0) is 4.74 Å². The SMILES string of the molecule is CCCCOC(=O)c1ncc2ccc(Oc3ccc(OC)cc3)cc2c1O. The van der Waals surface area contributed by atoms with Crippen LogP contribution in [0.1, 0.15) is 30.3 Å². The molecule has 0 fully saturated rings. The molecule has 0 radical (unpaired) electrons. The van der Waals surface area contributed by atoms with Gasteiger partial charge < -0.3 is 19.3 Å². The van der Waals surface area contributed by atoms with Gasteiger partial charge >= 0.3 is 5.97 Å². The number of hydrogen-bond acceptors (Lipinski definition) is 6. The van der Waals surface area contributed by atoms with Gasteiger partial charge in [-0.2, -0.15) is 0 Å². The number of carbonyl (C=O) groups excluding carboxylic acids is 1. The van der Waals surface area contributed by atoms with E-state index in [1.54, 1.807) is 49.6 Å². The number of methoxy groups -OCH3 is 1. The Labute approximate surface area is 157 Å². The molecule has 3 rings (SSSR count). The maximum Gasteiger partial charge on any atom is 0.360 e. The van der Waals surface area contributed by atoms with Crippen molar-refractivity contribution >= 4 is 16.7 Å². The summed E-state index contributed by atoms with van der Waals surface area (Å²) in [6.45, 7) is 2.30. The second kappa shape index (κ2) is 8.40. The van der Waals surface area contributed by atoms with Crippen molar-refractivity contribution in [2.24, 2.45) is 0 Å². The number of esters is 1. The zero-order valence-electron chi connectivity index (χ0n) is 15.3. The number of aromatic hydroxyl groups is 1.